The molecule has 0 radical (unpaired) electrons. The lowest BCUT2D eigenvalue weighted by Crippen LogP contribution is -2.32. The number of para-hydroxylation sites is 1. The van der Waals surface area contributed by atoms with Gasteiger partial charge >= 0.3 is 0 Å². The normalized spacial score (nSPS) is 12.8. The summed E-state index contributed by atoms with van der Waals surface area (Å²) in [6, 6.07) is 12.5. The summed E-state index contributed by atoms with van der Waals surface area (Å²) in [5.74, 6) is 0.290. The number of benzene rings is 2. The Morgan fingerprint density at radius 2 is 2.00 bits per heavy atom. The fraction of sp³-hybridized carbons (Fsp3) is 0.250. The number of pyridine rings is 1. The van der Waals surface area contributed by atoms with Crippen LogP contribution in [0.4, 0.5) is 5.69 Å². The number of anilines is 1. The van der Waals surface area contributed by atoms with Crippen molar-refractivity contribution in [3.63, 3.8) is 0 Å². The molecule has 4 rings (SSSR count). The highest BCUT2D eigenvalue weighted by molar-refractivity contribution is 6.01. The molecule has 1 aliphatic rings. The van der Waals surface area contributed by atoms with Gasteiger partial charge in [-0.05, 0) is 49.2 Å². The van der Waals surface area contributed by atoms with Gasteiger partial charge in [0.2, 0.25) is 0 Å². The van der Waals surface area contributed by atoms with Crippen LogP contribution in [0.25, 0.3) is 11.1 Å². The molecule has 2 heterocycles. The molecule has 1 aliphatic heterocycles. The summed E-state index contributed by atoms with van der Waals surface area (Å²) in [6.45, 7) is 4.93. The minimum absolute atomic E-state index is 0.103. The number of ether oxygens (including phenoxy) is 1. The number of H-pyrrole nitrogens is 1. The minimum atomic E-state index is -0.344. The number of likely N-dealkylation sites (N-methyl/N-ethyl adjacent to an activating group) is 1. The van der Waals surface area contributed by atoms with E-state index in [0.717, 1.165) is 16.9 Å². The number of fused-ring (bicyclic) bond motifs is 1. The fourth-order valence-corrected chi connectivity index (χ4v) is 3.86. The summed E-state index contributed by atoms with van der Waals surface area (Å²) in [6.07, 6.45) is 0. The van der Waals surface area contributed by atoms with Gasteiger partial charge in [0, 0.05) is 30.4 Å². The van der Waals surface area contributed by atoms with Crippen LogP contribution in [0, 0.1) is 13.8 Å². The number of aryl methyl sites for hydroxylation is 2. The van der Waals surface area contributed by atoms with Crippen molar-refractivity contribution in [3.05, 3.63) is 75.2 Å². The second kappa shape index (κ2) is 8.18. The third-order valence-corrected chi connectivity index (χ3v) is 5.53. The van der Waals surface area contributed by atoms with Crippen LogP contribution >= 0.6 is 0 Å². The number of hydrogen-bond donors (Lipinski definition) is 3. The molecular weight excluding hydrogens is 394 g/mol. The Hall–Kier alpha value is -3.74. The van der Waals surface area contributed by atoms with Crippen molar-refractivity contribution >= 4 is 11.6 Å². The predicted molar refractivity (Wildman–Crippen MR) is 120 cm³/mol. The summed E-state index contributed by atoms with van der Waals surface area (Å²) in [7, 11) is 1.94. The first-order chi connectivity index (χ1) is 14.8. The van der Waals surface area contributed by atoms with Crippen LogP contribution in [0.3, 0.4) is 0 Å². The highest BCUT2D eigenvalue weighted by Gasteiger charge is 2.25. The Kier molecular flexibility index (Phi) is 5.42. The maximum Gasteiger partial charge on any atom is 0.255 e. The average molecular weight is 419 g/mol. The second-order valence-corrected chi connectivity index (χ2v) is 7.78. The van der Waals surface area contributed by atoms with E-state index in [9.17, 15) is 14.7 Å². The van der Waals surface area contributed by atoms with Crippen molar-refractivity contribution in [3.8, 4) is 22.6 Å². The maximum absolute atomic E-state index is 13.2. The van der Waals surface area contributed by atoms with Gasteiger partial charge in [-0.1, -0.05) is 18.2 Å². The third-order valence-electron chi connectivity index (χ3n) is 5.53. The Bertz CT molecular complexity index is 1220. The Labute approximate surface area is 180 Å². The topological polar surface area (TPSA) is 94.7 Å². The highest BCUT2D eigenvalue weighted by Crippen LogP contribution is 2.40. The van der Waals surface area contributed by atoms with Gasteiger partial charge in [-0.25, -0.2) is 0 Å². The lowest BCUT2D eigenvalue weighted by atomic mass is 9.98. The zero-order chi connectivity index (χ0) is 22.1. The molecule has 0 fully saturated rings. The number of aromatic hydroxyl groups is 1. The molecule has 7 nitrogen and oxygen atoms in total. The standard InChI is InChI=1S/C24H25N3O4/c1-14-10-15(2)26-24(30)19(14)13-25-23(29)18-11-16(17-6-4-5-7-21(17)28)12-20-22(18)31-9-8-27(20)3/h4-7,10-12,28H,8-9,13H2,1-3H3,(H,25,29)(H,26,30). The molecule has 1 aromatic heterocycles. The largest absolute Gasteiger partial charge is 0.507 e. The molecule has 31 heavy (non-hydrogen) atoms. The van der Waals surface area contributed by atoms with Crippen LogP contribution in [0.15, 0.2) is 47.3 Å². The second-order valence-electron chi connectivity index (χ2n) is 7.78. The van der Waals surface area contributed by atoms with Gasteiger partial charge in [-0.15, -0.1) is 0 Å². The Morgan fingerprint density at radius 3 is 2.74 bits per heavy atom. The van der Waals surface area contributed by atoms with E-state index in [4.69, 9.17) is 4.74 Å². The van der Waals surface area contributed by atoms with E-state index in [1.807, 2.05) is 44.0 Å². The van der Waals surface area contributed by atoms with Crippen molar-refractivity contribution in [2.75, 3.05) is 25.1 Å². The number of rotatable bonds is 4. The number of hydrogen-bond acceptors (Lipinski definition) is 5. The van der Waals surface area contributed by atoms with Crippen LogP contribution in [0.1, 0.15) is 27.2 Å². The molecule has 0 unspecified atom stereocenters. The summed E-state index contributed by atoms with van der Waals surface area (Å²) in [5, 5.41) is 13.2. The summed E-state index contributed by atoms with van der Waals surface area (Å²) in [5.41, 5.74) is 4.39. The monoisotopic (exact) mass is 419 g/mol. The molecule has 2 aromatic carbocycles. The van der Waals surface area contributed by atoms with Gasteiger partial charge in [-0.2, -0.15) is 0 Å². The van der Waals surface area contributed by atoms with E-state index >= 15 is 0 Å². The molecule has 160 valence electrons. The maximum atomic E-state index is 13.2. The molecule has 0 bridgehead atoms. The van der Waals surface area contributed by atoms with E-state index in [2.05, 4.69) is 10.3 Å². The quantitative estimate of drug-likeness (QED) is 0.604. The Balaban J connectivity index is 1.72. The van der Waals surface area contributed by atoms with E-state index in [0.29, 0.717) is 41.2 Å². The number of phenolic OH excluding ortho intramolecular Hbond substituents is 1. The van der Waals surface area contributed by atoms with Gasteiger partial charge in [0.15, 0.2) is 5.75 Å². The van der Waals surface area contributed by atoms with Crippen LogP contribution < -0.4 is 20.5 Å². The molecular formula is C24H25N3O4. The first-order valence-corrected chi connectivity index (χ1v) is 10.1. The molecule has 0 saturated carbocycles. The molecule has 1 amide bonds. The number of aromatic nitrogens is 1. The molecule has 3 N–H and O–H groups in total. The molecule has 0 aliphatic carbocycles. The van der Waals surface area contributed by atoms with Crippen LogP contribution in [0.2, 0.25) is 0 Å². The van der Waals surface area contributed by atoms with E-state index in [1.165, 1.54) is 0 Å². The number of carbonyl (C=O) groups is 1. The smallest absolute Gasteiger partial charge is 0.255 e. The summed E-state index contributed by atoms with van der Waals surface area (Å²) >= 11 is 0. The SMILES string of the molecule is Cc1cc(C)c(CNC(=O)c2cc(-c3ccccc3O)cc3c2OCCN3C)c(=O)[nH]1. The van der Waals surface area contributed by atoms with Gasteiger partial charge < -0.3 is 25.0 Å². The fourth-order valence-electron chi connectivity index (χ4n) is 3.86. The molecule has 7 heteroatoms. The number of amides is 1. The average Bonchev–Trinajstić information content (AvgIpc) is 2.73. The zero-order valence-corrected chi connectivity index (χ0v) is 17.8. The number of nitrogens with one attached hydrogen (secondary N) is 2. The van der Waals surface area contributed by atoms with Crippen LogP contribution in [-0.2, 0) is 6.54 Å². The van der Waals surface area contributed by atoms with Gasteiger partial charge in [0.1, 0.15) is 12.4 Å². The molecule has 3 aromatic rings. The lowest BCUT2D eigenvalue weighted by Gasteiger charge is -2.30. The Morgan fingerprint density at radius 1 is 1.23 bits per heavy atom. The number of aromatic amines is 1. The molecule has 0 atom stereocenters. The van der Waals surface area contributed by atoms with E-state index < -0.39 is 0 Å². The van der Waals surface area contributed by atoms with Crippen molar-refractivity contribution in [2.24, 2.45) is 0 Å². The number of carbonyl (C=O) groups excluding carboxylic acids is 1. The summed E-state index contributed by atoms with van der Waals surface area (Å²) < 4.78 is 5.85. The first kappa shape index (κ1) is 20.5. The highest BCUT2D eigenvalue weighted by atomic mass is 16.5. The van der Waals surface area contributed by atoms with Crippen molar-refractivity contribution < 1.29 is 14.6 Å². The van der Waals surface area contributed by atoms with Gasteiger partial charge in [0.05, 0.1) is 17.8 Å². The van der Waals surface area contributed by atoms with Gasteiger partial charge in [0.25, 0.3) is 11.5 Å². The van der Waals surface area contributed by atoms with Crippen molar-refractivity contribution in [1.82, 2.24) is 10.3 Å². The van der Waals surface area contributed by atoms with Crippen molar-refractivity contribution in [1.29, 1.82) is 0 Å². The van der Waals surface area contributed by atoms with Crippen molar-refractivity contribution in [2.45, 2.75) is 20.4 Å². The minimum Gasteiger partial charge on any atom is -0.507 e. The third kappa shape index (κ3) is 3.99. The van der Waals surface area contributed by atoms with E-state index in [1.54, 1.807) is 24.3 Å². The lowest BCUT2D eigenvalue weighted by molar-refractivity contribution is 0.0946. The van der Waals surface area contributed by atoms with Gasteiger partial charge in [-0.3, -0.25) is 9.59 Å². The molecule has 0 saturated heterocycles. The number of nitrogens with zero attached hydrogens (tertiary/aromatic N) is 1. The molecule has 0 spiro atoms. The zero-order valence-electron chi connectivity index (χ0n) is 17.8. The summed E-state index contributed by atoms with van der Waals surface area (Å²) in [4.78, 5) is 30.3. The van der Waals surface area contributed by atoms with Crippen LogP contribution in [-0.4, -0.2) is 36.2 Å². The number of phenols is 1. The van der Waals surface area contributed by atoms with Crippen LogP contribution in [0.5, 0.6) is 11.5 Å². The van der Waals surface area contributed by atoms with E-state index in [-0.39, 0.29) is 23.8 Å². The first-order valence-electron chi connectivity index (χ1n) is 10.1. The predicted octanol–water partition coefficient (Wildman–Crippen LogP) is 3.12.